The Morgan fingerprint density at radius 3 is 2.50 bits per heavy atom. The number of carbonyl (C=O) groups excluding carboxylic acids is 1. The highest BCUT2D eigenvalue weighted by atomic mass is 32.2. The first-order valence-electron chi connectivity index (χ1n) is 5.33. The highest BCUT2D eigenvalue weighted by molar-refractivity contribution is 8.13. The van der Waals surface area contributed by atoms with Gasteiger partial charge in [-0.25, -0.2) is 0 Å². The van der Waals surface area contributed by atoms with Crippen LogP contribution < -0.4 is 0 Å². The zero-order valence-electron chi connectivity index (χ0n) is 8.92. The van der Waals surface area contributed by atoms with Gasteiger partial charge in [0.15, 0.2) is 0 Å². The number of hydrogen-bond donors (Lipinski definition) is 0. The molecule has 0 aliphatic heterocycles. The van der Waals surface area contributed by atoms with Crippen molar-refractivity contribution in [3.05, 3.63) is 0 Å². The van der Waals surface area contributed by atoms with Crippen molar-refractivity contribution < 1.29 is 4.79 Å². The minimum Gasteiger partial charge on any atom is -0.286 e. The predicted octanol–water partition coefficient (Wildman–Crippen LogP) is 3.52. The highest BCUT2D eigenvalue weighted by Crippen LogP contribution is 2.11. The molecule has 0 saturated carbocycles. The zero-order valence-corrected chi connectivity index (χ0v) is 9.74. The molecular weight excluding hydrogens is 194 g/mol. The van der Waals surface area contributed by atoms with Crippen molar-refractivity contribution in [1.82, 2.24) is 0 Å². The van der Waals surface area contributed by atoms with Gasteiger partial charge in [-0.3, -0.25) is 4.79 Å². The van der Waals surface area contributed by atoms with E-state index in [4.69, 9.17) is 5.26 Å². The Labute approximate surface area is 91.1 Å². The van der Waals surface area contributed by atoms with Crippen LogP contribution in [0.4, 0.5) is 0 Å². The summed E-state index contributed by atoms with van der Waals surface area (Å²) in [7, 11) is 0. The summed E-state index contributed by atoms with van der Waals surface area (Å²) in [5.41, 5.74) is 0. The zero-order chi connectivity index (χ0) is 10.6. The second kappa shape index (κ2) is 10.6. The van der Waals surface area contributed by atoms with Gasteiger partial charge in [-0.1, -0.05) is 50.8 Å². The standard InChI is InChI=1S/C11H19NOS/c1-2-3-4-5-6-7-10-14-11(13)8-9-12/h2-8,10H2,1H3. The van der Waals surface area contributed by atoms with Gasteiger partial charge in [-0.05, 0) is 6.42 Å². The molecule has 80 valence electrons. The lowest BCUT2D eigenvalue weighted by Crippen LogP contribution is -1.91. The van der Waals surface area contributed by atoms with E-state index in [9.17, 15) is 4.79 Å². The summed E-state index contributed by atoms with van der Waals surface area (Å²) < 4.78 is 0. The minimum atomic E-state index is 0.0149. The lowest BCUT2D eigenvalue weighted by molar-refractivity contribution is -0.110. The van der Waals surface area contributed by atoms with Crippen LogP contribution in [0.2, 0.25) is 0 Å². The van der Waals surface area contributed by atoms with Gasteiger partial charge in [0, 0.05) is 5.75 Å². The van der Waals surface area contributed by atoms with E-state index in [2.05, 4.69) is 6.92 Å². The quantitative estimate of drug-likeness (QED) is 0.579. The predicted molar refractivity (Wildman–Crippen MR) is 61.1 cm³/mol. The Bertz CT molecular complexity index is 186. The van der Waals surface area contributed by atoms with Crippen molar-refractivity contribution >= 4 is 16.9 Å². The van der Waals surface area contributed by atoms with E-state index in [-0.39, 0.29) is 11.5 Å². The molecule has 0 aromatic heterocycles. The fourth-order valence-corrected chi connectivity index (χ4v) is 1.93. The van der Waals surface area contributed by atoms with Gasteiger partial charge in [0.25, 0.3) is 0 Å². The van der Waals surface area contributed by atoms with Gasteiger partial charge in [-0.15, -0.1) is 0 Å². The first-order valence-corrected chi connectivity index (χ1v) is 6.32. The van der Waals surface area contributed by atoms with Crippen molar-refractivity contribution in [2.24, 2.45) is 0 Å². The number of nitriles is 1. The fraction of sp³-hybridized carbons (Fsp3) is 0.818. The van der Waals surface area contributed by atoms with E-state index in [0.717, 1.165) is 12.2 Å². The molecule has 0 heterocycles. The van der Waals surface area contributed by atoms with Gasteiger partial charge in [0.2, 0.25) is 5.12 Å². The van der Waals surface area contributed by atoms with Crippen molar-refractivity contribution in [2.75, 3.05) is 5.75 Å². The maximum absolute atomic E-state index is 10.9. The van der Waals surface area contributed by atoms with E-state index < -0.39 is 0 Å². The second-order valence-corrected chi connectivity index (χ2v) is 4.48. The molecule has 0 aromatic carbocycles. The van der Waals surface area contributed by atoms with Gasteiger partial charge >= 0.3 is 0 Å². The molecule has 0 radical (unpaired) electrons. The van der Waals surface area contributed by atoms with E-state index >= 15 is 0 Å². The first-order chi connectivity index (χ1) is 6.81. The molecule has 0 aliphatic carbocycles. The van der Waals surface area contributed by atoms with Crippen molar-refractivity contribution in [2.45, 2.75) is 51.9 Å². The van der Waals surface area contributed by atoms with Crippen LogP contribution >= 0.6 is 11.8 Å². The molecule has 2 nitrogen and oxygen atoms in total. The molecule has 0 saturated heterocycles. The maximum atomic E-state index is 10.9. The number of carbonyl (C=O) groups is 1. The number of thioether (sulfide) groups is 1. The monoisotopic (exact) mass is 213 g/mol. The normalized spacial score (nSPS) is 9.71. The first kappa shape index (κ1) is 13.5. The third-order valence-corrected chi connectivity index (χ3v) is 2.94. The van der Waals surface area contributed by atoms with E-state index in [1.54, 1.807) is 0 Å². The van der Waals surface area contributed by atoms with Crippen LogP contribution in [-0.4, -0.2) is 10.9 Å². The van der Waals surface area contributed by atoms with Gasteiger partial charge in [0.1, 0.15) is 6.42 Å². The summed E-state index contributed by atoms with van der Waals surface area (Å²) in [6.45, 7) is 2.20. The third-order valence-electron chi connectivity index (χ3n) is 1.98. The van der Waals surface area contributed by atoms with Crippen LogP contribution in [0.15, 0.2) is 0 Å². The minimum absolute atomic E-state index is 0.0149. The van der Waals surface area contributed by atoms with E-state index in [0.29, 0.717) is 0 Å². The maximum Gasteiger partial charge on any atom is 0.202 e. The summed E-state index contributed by atoms with van der Waals surface area (Å²) in [4.78, 5) is 10.9. The van der Waals surface area contributed by atoms with Gasteiger partial charge in [-0.2, -0.15) is 5.26 Å². The van der Waals surface area contributed by atoms with Crippen LogP contribution in [0.5, 0.6) is 0 Å². The lowest BCUT2D eigenvalue weighted by Gasteiger charge is -1.99. The molecule has 0 aromatic rings. The average Bonchev–Trinajstić information content (AvgIpc) is 2.17. The second-order valence-electron chi connectivity index (χ2n) is 3.32. The molecule has 0 bridgehead atoms. The molecule has 0 atom stereocenters. The van der Waals surface area contributed by atoms with Gasteiger partial charge in [0.05, 0.1) is 6.07 Å². The summed E-state index contributed by atoms with van der Waals surface area (Å²) in [6, 6.07) is 1.87. The van der Waals surface area contributed by atoms with Crippen LogP contribution in [-0.2, 0) is 4.79 Å². The summed E-state index contributed by atoms with van der Waals surface area (Å²) in [5.74, 6) is 0.882. The molecule has 0 spiro atoms. The van der Waals surface area contributed by atoms with Crippen molar-refractivity contribution in [3.8, 4) is 6.07 Å². The Hall–Kier alpha value is -0.490. The van der Waals surface area contributed by atoms with Crippen LogP contribution in [0.3, 0.4) is 0 Å². The molecule has 0 unspecified atom stereocenters. The van der Waals surface area contributed by atoms with Crippen LogP contribution in [0.1, 0.15) is 51.9 Å². The van der Waals surface area contributed by atoms with Crippen molar-refractivity contribution in [1.29, 1.82) is 5.26 Å². The molecule has 14 heavy (non-hydrogen) atoms. The number of hydrogen-bond acceptors (Lipinski definition) is 3. The molecule has 3 heteroatoms. The Morgan fingerprint density at radius 1 is 1.21 bits per heavy atom. The van der Waals surface area contributed by atoms with Crippen LogP contribution in [0, 0.1) is 11.3 Å². The topological polar surface area (TPSA) is 40.9 Å². The largest absolute Gasteiger partial charge is 0.286 e. The molecule has 0 N–H and O–H groups in total. The Balaban J connectivity index is 3.06. The van der Waals surface area contributed by atoms with Gasteiger partial charge < -0.3 is 0 Å². The number of rotatable bonds is 8. The van der Waals surface area contributed by atoms with Crippen LogP contribution in [0.25, 0.3) is 0 Å². The molecule has 0 fully saturated rings. The Kier molecular flexibility index (Phi) is 10.2. The SMILES string of the molecule is CCCCCCCCSC(=O)CC#N. The summed E-state index contributed by atoms with van der Waals surface area (Å²) in [5, 5.41) is 8.27. The molecule has 0 amide bonds. The molecule has 0 rings (SSSR count). The Morgan fingerprint density at radius 2 is 1.86 bits per heavy atom. The van der Waals surface area contributed by atoms with Crippen molar-refractivity contribution in [3.63, 3.8) is 0 Å². The third kappa shape index (κ3) is 9.60. The summed E-state index contributed by atoms with van der Waals surface area (Å²) in [6.07, 6.45) is 7.56. The highest BCUT2D eigenvalue weighted by Gasteiger charge is 2.00. The number of unbranched alkanes of at least 4 members (excludes halogenated alkanes) is 5. The van der Waals surface area contributed by atoms with E-state index in [1.807, 2.05) is 6.07 Å². The average molecular weight is 213 g/mol. The lowest BCUT2D eigenvalue weighted by atomic mass is 10.1. The summed E-state index contributed by atoms with van der Waals surface area (Å²) >= 11 is 1.30. The molecular formula is C11H19NOS. The number of nitrogens with zero attached hydrogens (tertiary/aromatic N) is 1. The van der Waals surface area contributed by atoms with E-state index in [1.165, 1.54) is 43.9 Å². The molecule has 0 aliphatic rings. The smallest absolute Gasteiger partial charge is 0.202 e. The fourth-order valence-electron chi connectivity index (χ4n) is 1.18.